The molecule has 106 valence electrons. The lowest BCUT2D eigenvalue weighted by atomic mass is 10.1. The normalized spacial score (nSPS) is 17.2. The number of fused-ring (bicyclic) bond motifs is 1. The van der Waals surface area contributed by atoms with Crippen LogP contribution in [0, 0.1) is 0 Å². The zero-order valence-electron chi connectivity index (χ0n) is 11.5. The van der Waals surface area contributed by atoms with Crippen molar-refractivity contribution in [3.8, 4) is 0 Å². The lowest BCUT2D eigenvalue weighted by Gasteiger charge is -2.18. The molecule has 4 heteroatoms. The molecule has 0 spiro atoms. The smallest absolute Gasteiger partial charge is 0.337 e. The van der Waals surface area contributed by atoms with Crippen LogP contribution in [0.1, 0.15) is 40.9 Å². The Morgan fingerprint density at radius 2 is 1.95 bits per heavy atom. The van der Waals surface area contributed by atoms with Crippen LogP contribution in [0.25, 0.3) is 10.1 Å². The first-order valence-corrected chi connectivity index (χ1v) is 8.03. The van der Waals surface area contributed by atoms with Crippen molar-refractivity contribution in [3.05, 3.63) is 34.7 Å². The zero-order valence-corrected chi connectivity index (χ0v) is 12.3. The van der Waals surface area contributed by atoms with Crippen LogP contribution < -0.4 is 0 Å². The Labute approximate surface area is 122 Å². The number of carboxylic acids is 1. The van der Waals surface area contributed by atoms with Crippen molar-refractivity contribution in [2.24, 2.45) is 0 Å². The number of hydrogen-bond acceptors (Lipinski definition) is 3. The zero-order chi connectivity index (χ0) is 13.9. The fraction of sp³-hybridized carbons (Fsp3) is 0.438. The van der Waals surface area contributed by atoms with E-state index in [0.29, 0.717) is 5.56 Å². The van der Waals surface area contributed by atoms with Gasteiger partial charge in [0.05, 0.1) is 5.56 Å². The van der Waals surface area contributed by atoms with E-state index in [0.717, 1.165) is 16.6 Å². The predicted octanol–water partition coefficient (Wildman–Crippen LogP) is 3.98. The fourth-order valence-electron chi connectivity index (χ4n) is 2.88. The van der Waals surface area contributed by atoms with Crippen molar-refractivity contribution < 1.29 is 9.90 Å². The maximum Gasteiger partial charge on any atom is 0.337 e. The summed E-state index contributed by atoms with van der Waals surface area (Å²) in [5.41, 5.74) is 0.426. The predicted molar refractivity (Wildman–Crippen MR) is 82.5 cm³/mol. The Morgan fingerprint density at radius 1 is 1.20 bits per heavy atom. The summed E-state index contributed by atoms with van der Waals surface area (Å²) in [4.78, 5) is 15.0. The van der Waals surface area contributed by atoms with Crippen LogP contribution >= 0.6 is 11.3 Å². The molecule has 1 aliphatic rings. The van der Waals surface area contributed by atoms with Gasteiger partial charge in [0.1, 0.15) is 0 Å². The summed E-state index contributed by atoms with van der Waals surface area (Å²) in [6.07, 6.45) is 5.24. The minimum Gasteiger partial charge on any atom is -0.478 e. The molecule has 2 aromatic rings. The molecule has 0 amide bonds. The van der Waals surface area contributed by atoms with Gasteiger partial charge in [-0.05, 0) is 43.5 Å². The van der Waals surface area contributed by atoms with Crippen LogP contribution in [-0.4, -0.2) is 29.1 Å². The summed E-state index contributed by atoms with van der Waals surface area (Å²) in [5, 5.41) is 10.3. The first-order valence-electron chi connectivity index (χ1n) is 7.21. The molecule has 0 bridgehead atoms. The molecular weight excluding hydrogens is 270 g/mol. The third-order valence-corrected chi connectivity index (χ3v) is 5.07. The molecule has 0 saturated carbocycles. The van der Waals surface area contributed by atoms with E-state index in [1.54, 1.807) is 17.4 Å². The van der Waals surface area contributed by atoms with E-state index in [1.807, 2.05) is 12.1 Å². The fourth-order valence-corrected chi connectivity index (χ4v) is 4.08. The maximum atomic E-state index is 11.3. The minimum absolute atomic E-state index is 0.426. The van der Waals surface area contributed by atoms with Crippen LogP contribution in [-0.2, 0) is 6.54 Å². The van der Waals surface area contributed by atoms with Crippen molar-refractivity contribution in [2.45, 2.75) is 32.2 Å². The van der Waals surface area contributed by atoms with Crippen LogP contribution in [0.5, 0.6) is 0 Å². The van der Waals surface area contributed by atoms with Crippen LogP contribution in [0.15, 0.2) is 24.3 Å². The summed E-state index contributed by atoms with van der Waals surface area (Å²) in [6, 6.07) is 7.67. The lowest BCUT2D eigenvalue weighted by molar-refractivity contribution is 0.0699. The number of aromatic carboxylic acids is 1. The molecule has 0 aliphatic carbocycles. The third kappa shape index (κ3) is 2.86. The van der Waals surface area contributed by atoms with E-state index in [2.05, 4.69) is 11.0 Å². The summed E-state index contributed by atoms with van der Waals surface area (Å²) in [6.45, 7) is 3.29. The van der Waals surface area contributed by atoms with Gasteiger partial charge in [0.25, 0.3) is 0 Å². The molecule has 1 fully saturated rings. The maximum absolute atomic E-state index is 11.3. The highest BCUT2D eigenvalue weighted by atomic mass is 32.1. The van der Waals surface area contributed by atoms with Crippen LogP contribution in [0.3, 0.4) is 0 Å². The van der Waals surface area contributed by atoms with Crippen molar-refractivity contribution in [3.63, 3.8) is 0 Å². The number of benzene rings is 1. The van der Waals surface area contributed by atoms with E-state index in [4.69, 9.17) is 0 Å². The van der Waals surface area contributed by atoms with Gasteiger partial charge in [0, 0.05) is 16.1 Å². The molecule has 1 aliphatic heterocycles. The molecule has 3 nitrogen and oxygen atoms in total. The number of rotatable bonds is 3. The summed E-state index contributed by atoms with van der Waals surface area (Å²) in [5.74, 6) is -0.834. The van der Waals surface area contributed by atoms with Gasteiger partial charge in [0.2, 0.25) is 0 Å². The molecule has 20 heavy (non-hydrogen) atoms. The molecule has 2 heterocycles. The Hall–Kier alpha value is -1.39. The molecule has 1 aromatic heterocycles. The summed E-state index contributed by atoms with van der Waals surface area (Å²) < 4.78 is 0.907. The van der Waals surface area contributed by atoms with E-state index in [9.17, 15) is 9.90 Å². The van der Waals surface area contributed by atoms with Gasteiger partial charge < -0.3 is 5.11 Å². The molecular formula is C16H19NO2S. The topological polar surface area (TPSA) is 40.5 Å². The average Bonchev–Trinajstić information content (AvgIpc) is 2.65. The summed E-state index contributed by atoms with van der Waals surface area (Å²) in [7, 11) is 0. The Kier molecular flexibility index (Phi) is 4.03. The first kappa shape index (κ1) is 13.6. The Morgan fingerprint density at radius 3 is 2.65 bits per heavy atom. The van der Waals surface area contributed by atoms with Gasteiger partial charge in [-0.2, -0.15) is 0 Å². The number of likely N-dealkylation sites (tertiary alicyclic amines) is 1. The van der Waals surface area contributed by atoms with Gasteiger partial charge in [-0.15, -0.1) is 11.3 Å². The van der Waals surface area contributed by atoms with Gasteiger partial charge in [0.15, 0.2) is 0 Å². The van der Waals surface area contributed by atoms with Crippen molar-refractivity contribution in [1.82, 2.24) is 4.90 Å². The number of carboxylic acid groups (broad SMARTS) is 1. The van der Waals surface area contributed by atoms with Crippen molar-refractivity contribution >= 4 is 27.4 Å². The molecule has 0 atom stereocenters. The van der Waals surface area contributed by atoms with E-state index >= 15 is 0 Å². The van der Waals surface area contributed by atoms with Gasteiger partial charge in [-0.3, -0.25) is 4.90 Å². The van der Waals surface area contributed by atoms with Gasteiger partial charge in [-0.25, -0.2) is 4.79 Å². The standard InChI is InChI=1S/C16H19NO2S/c18-16(19)14-7-5-6-12-10-13(20-15(12)14)11-17-8-3-1-2-4-9-17/h5-7,10H,1-4,8-9,11H2,(H,18,19). The lowest BCUT2D eigenvalue weighted by Crippen LogP contribution is -2.23. The van der Waals surface area contributed by atoms with E-state index in [1.165, 1.54) is 43.6 Å². The van der Waals surface area contributed by atoms with E-state index < -0.39 is 5.97 Å². The van der Waals surface area contributed by atoms with Gasteiger partial charge >= 0.3 is 5.97 Å². The number of thiophene rings is 1. The highest BCUT2D eigenvalue weighted by Crippen LogP contribution is 2.30. The number of carbonyl (C=O) groups is 1. The second-order valence-electron chi connectivity index (χ2n) is 5.43. The Balaban J connectivity index is 1.85. The number of nitrogens with zero attached hydrogens (tertiary/aromatic N) is 1. The molecule has 1 saturated heterocycles. The van der Waals surface area contributed by atoms with Gasteiger partial charge in [-0.1, -0.05) is 25.0 Å². The summed E-state index contributed by atoms with van der Waals surface area (Å²) >= 11 is 1.63. The molecule has 3 rings (SSSR count). The van der Waals surface area contributed by atoms with Crippen molar-refractivity contribution in [2.75, 3.05) is 13.1 Å². The van der Waals surface area contributed by atoms with E-state index in [-0.39, 0.29) is 0 Å². The van der Waals surface area contributed by atoms with Crippen LogP contribution in [0.2, 0.25) is 0 Å². The second kappa shape index (κ2) is 5.94. The molecule has 0 radical (unpaired) electrons. The van der Waals surface area contributed by atoms with Crippen molar-refractivity contribution in [1.29, 1.82) is 0 Å². The van der Waals surface area contributed by atoms with Crippen LogP contribution in [0.4, 0.5) is 0 Å². The molecule has 1 aromatic carbocycles. The first-order chi connectivity index (χ1) is 9.74. The largest absolute Gasteiger partial charge is 0.478 e. The minimum atomic E-state index is -0.834. The molecule has 1 N–H and O–H groups in total. The average molecular weight is 289 g/mol. The monoisotopic (exact) mass is 289 g/mol. The molecule has 0 unspecified atom stereocenters. The highest BCUT2D eigenvalue weighted by molar-refractivity contribution is 7.19. The quantitative estimate of drug-likeness (QED) is 0.929. The SMILES string of the molecule is O=C(O)c1cccc2cc(CN3CCCCCC3)sc12. The number of hydrogen-bond donors (Lipinski definition) is 1. The Bertz CT molecular complexity index is 612. The third-order valence-electron chi connectivity index (χ3n) is 3.90. The highest BCUT2D eigenvalue weighted by Gasteiger charge is 2.14. The second-order valence-corrected chi connectivity index (χ2v) is 6.57.